The number of rotatable bonds is 5. The third kappa shape index (κ3) is 3.72. The molecule has 0 aliphatic carbocycles. The van der Waals surface area contributed by atoms with Gasteiger partial charge < -0.3 is 15.3 Å². The van der Waals surface area contributed by atoms with Crippen molar-refractivity contribution in [3.8, 4) is 0 Å². The Kier molecular flexibility index (Phi) is 4.48. The van der Waals surface area contributed by atoms with Crippen LogP contribution in [0.4, 0.5) is 0 Å². The molecule has 0 aromatic rings. The number of aliphatic carboxylic acids is 1. The summed E-state index contributed by atoms with van der Waals surface area (Å²) < 4.78 is 0. The van der Waals surface area contributed by atoms with Crippen molar-refractivity contribution in [3.63, 3.8) is 0 Å². The van der Waals surface area contributed by atoms with Crippen LogP contribution in [0, 0.1) is 5.92 Å². The highest BCUT2D eigenvalue weighted by atomic mass is 16.4. The van der Waals surface area contributed by atoms with Gasteiger partial charge in [-0.25, -0.2) is 0 Å². The predicted molar refractivity (Wildman–Crippen MR) is 60.2 cm³/mol. The van der Waals surface area contributed by atoms with Crippen molar-refractivity contribution in [2.75, 3.05) is 13.1 Å². The van der Waals surface area contributed by atoms with Crippen LogP contribution in [0.15, 0.2) is 0 Å². The standard InChI is InChI=1S/C11H18N2O4/c1-7(11(16)17)8(2)12-9(14)6-13-5-3-4-10(13)15/h7-8H,3-6H2,1-2H3,(H,12,14)(H,16,17). The molecule has 1 saturated heterocycles. The molecule has 0 radical (unpaired) electrons. The SMILES string of the molecule is CC(NC(=O)CN1CCCC1=O)C(C)C(=O)O. The Morgan fingerprint density at radius 2 is 2.12 bits per heavy atom. The van der Waals surface area contributed by atoms with Gasteiger partial charge in [0, 0.05) is 19.0 Å². The van der Waals surface area contributed by atoms with E-state index in [1.165, 1.54) is 11.8 Å². The summed E-state index contributed by atoms with van der Waals surface area (Å²) in [6.45, 7) is 3.81. The molecule has 1 fully saturated rings. The van der Waals surface area contributed by atoms with Crippen LogP contribution in [-0.4, -0.2) is 46.9 Å². The van der Waals surface area contributed by atoms with Crippen LogP contribution in [0.3, 0.4) is 0 Å². The van der Waals surface area contributed by atoms with E-state index in [-0.39, 0.29) is 18.4 Å². The molecule has 6 heteroatoms. The molecular weight excluding hydrogens is 224 g/mol. The first kappa shape index (κ1) is 13.5. The number of hydrogen-bond donors (Lipinski definition) is 2. The van der Waals surface area contributed by atoms with Crippen LogP contribution in [0.5, 0.6) is 0 Å². The molecule has 0 bridgehead atoms. The maximum Gasteiger partial charge on any atom is 0.308 e. The van der Waals surface area contributed by atoms with Crippen LogP contribution in [0.25, 0.3) is 0 Å². The lowest BCUT2D eigenvalue weighted by molar-refractivity contribution is -0.142. The largest absolute Gasteiger partial charge is 0.481 e. The minimum absolute atomic E-state index is 0.0147. The molecule has 0 aromatic heterocycles. The minimum atomic E-state index is -0.949. The third-order valence-electron chi connectivity index (χ3n) is 3.03. The summed E-state index contributed by atoms with van der Waals surface area (Å²) in [6.07, 6.45) is 1.28. The first-order valence-corrected chi connectivity index (χ1v) is 5.71. The van der Waals surface area contributed by atoms with Crippen LogP contribution >= 0.6 is 0 Å². The molecule has 2 amide bonds. The van der Waals surface area contributed by atoms with Gasteiger partial charge in [-0.2, -0.15) is 0 Å². The molecule has 2 N–H and O–H groups in total. The second-order valence-electron chi connectivity index (χ2n) is 4.40. The zero-order valence-electron chi connectivity index (χ0n) is 10.1. The number of amides is 2. The van der Waals surface area contributed by atoms with Gasteiger partial charge in [0.1, 0.15) is 0 Å². The van der Waals surface area contributed by atoms with E-state index >= 15 is 0 Å². The number of nitrogens with one attached hydrogen (secondary N) is 1. The summed E-state index contributed by atoms with van der Waals surface area (Å²) in [5, 5.41) is 11.4. The molecule has 2 atom stereocenters. The number of nitrogens with zero attached hydrogens (tertiary/aromatic N) is 1. The third-order valence-corrected chi connectivity index (χ3v) is 3.03. The van der Waals surface area contributed by atoms with Crippen molar-refractivity contribution >= 4 is 17.8 Å². The predicted octanol–water partition coefficient (Wildman–Crippen LogP) is -0.166. The van der Waals surface area contributed by atoms with E-state index in [0.717, 1.165) is 6.42 Å². The molecule has 1 aliphatic rings. The van der Waals surface area contributed by atoms with Crippen LogP contribution in [0.1, 0.15) is 26.7 Å². The summed E-state index contributed by atoms with van der Waals surface area (Å²) in [7, 11) is 0. The zero-order chi connectivity index (χ0) is 13.0. The molecule has 0 aromatic carbocycles. The smallest absolute Gasteiger partial charge is 0.308 e. The van der Waals surface area contributed by atoms with E-state index in [4.69, 9.17) is 5.11 Å². The topological polar surface area (TPSA) is 86.7 Å². The van der Waals surface area contributed by atoms with Gasteiger partial charge in [0.25, 0.3) is 0 Å². The van der Waals surface area contributed by atoms with Gasteiger partial charge in [-0.15, -0.1) is 0 Å². The first-order chi connectivity index (χ1) is 7.91. The van der Waals surface area contributed by atoms with Gasteiger partial charge in [0.05, 0.1) is 12.5 Å². The first-order valence-electron chi connectivity index (χ1n) is 5.71. The number of likely N-dealkylation sites (tertiary alicyclic amines) is 1. The molecule has 6 nitrogen and oxygen atoms in total. The second kappa shape index (κ2) is 5.65. The Morgan fingerprint density at radius 3 is 2.59 bits per heavy atom. The highest BCUT2D eigenvalue weighted by Gasteiger charge is 2.25. The molecule has 1 aliphatic heterocycles. The van der Waals surface area contributed by atoms with Crippen molar-refractivity contribution in [2.24, 2.45) is 5.92 Å². The van der Waals surface area contributed by atoms with E-state index in [2.05, 4.69) is 5.32 Å². The van der Waals surface area contributed by atoms with Gasteiger partial charge >= 0.3 is 5.97 Å². The highest BCUT2D eigenvalue weighted by molar-refractivity contribution is 5.86. The van der Waals surface area contributed by atoms with Gasteiger partial charge in [0.15, 0.2) is 0 Å². The van der Waals surface area contributed by atoms with Gasteiger partial charge in [-0.05, 0) is 20.3 Å². The second-order valence-corrected chi connectivity index (χ2v) is 4.40. The van der Waals surface area contributed by atoms with Gasteiger partial charge in [0.2, 0.25) is 11.8 Å². The van der Waals surface area contributed by atoms with Crippen molar-refractivity contribution < 1.29 is 19.5 Å². The Balaban J connectivity index is 2.39. The van der Waals surface area contributed by atoms with Crippen molar-refractivity contribution in [2.45, 2.75) is 32.7 Å². The fraction of sp³-hybridized carbons (Fsp3) is 0.727. The molecule has 1 heterocycles. The van der Waals surface area contributed by atoms with E-state index in [0.29, 0.717) is 13.0 Å². The number of carbonyl (C=O) groups excluding carboxylic acids is 2. The molecule has 17 heavy (non-hydrogen) atoms. The lowest BCUT2D eigenvalue weighted by Gasteiger charge is -2.20. The number of carbonyl (C=O) groups is 3. The normalized spacial score (nSPS) is 18.9. The van der Waals surface area contributed by atoms with E-state index in [9.17, 15) is 14.4 Å². The van der Waals surface area contributed by atoms with Gasteiger partial charge in [-0.1, -0.05) is 0 Å². The number of hydrogen-bond acceptors (Lipinski definition) is 3. The van der Waals surface area contributed by atoms with Crippen molar-refractivity contribution in [1.82, 2.24) is 10.2 Å². The molecular formula is C11H18N2O4. The van der Waals surface area contributed by atoms with Crippen molar-refractivity contribution in [3.05, 3.63) is 0 Å². The average Bonchev–Trinajstić information content (AvgIpc) is 2.62. The summed E-state index contributed by atoms with van der Waals surface area (Å²) in [5.74, 6) is -1.91. The molecule has 1 rings (SSSR count). The molecule has 0 saturated carbocycles. The fourth-order valence-electron chi connectivity index (χ4n) is 1.68. The summed E-state index contributed by atoms with van der Waals surface area (Å²) in [4.78, 5) is 35.1. The average molecular weight is 242 g/mol. The van der Waals surface area contributed by atoms with E-state index in [1.54, 1.807) is 6.92 Å². The molecule has 2 unspecified atom stereocenters. The monoisotopic (exact) mass is 242 g/mol. The Labute approximate surface area is 100.0 Å². The Bertz CT molecular complexity index is 329. The maximum atomic E-state index is 11.6. The summed E-state index contributed by atoms with van der Waals surface area (Å²) in [5.41, 5.74) is 0. The van der Waals surface area contributed by atoms with Crippen LogP contribution in [-0.2, 0) is 14.4 Å². The fourth-order valence-corrected chi connectivity index (χ4v) is 1.68. The van der Waals surface area contributed by atoms with Crippen molar-refractivity contribution in [1.29, 1.82) is 0 Å². The number of carboxylic acid groups (broad SMARTS) is 1. The lowest BCUT2D eigenvalue weighted by atomic mass is 10.0. The van der Waals surface area contributed by atoms with Gasteiger partial charge in [-0.3, -0.25) is 14.4 Å². The van der Waals surface area contributed by atoms with Crippen LogP contribution in [0.2, 0.25) is 0 Å². The van der Waals surface area contributed by atoms with E-state index in [1.807, 2.05) is 0 Å². The highest BCUT2D eigenvalue weighted by Crippen LogP contribution is 2.09. The molecule has 96 valence electrons. The minimum Gasteiger partial charge on any atom is -0.481 e. The summed E-state index contributed by atoms with van der Waals surface area (Å²) >= 11 is 0. The Morgan fingerprint density at radius 1 is 1.47 bits per heavy atom. The van der Waals surface area contributed by atoms with E-state index < -0.39 is 17.9 Å². The lowest BCUT2D eigenvalue weighted by Crippen LogP contribution is -2.45. The number of carboxylic acids is 1. The summed E-state index contributed by atoms with van der Waals surface area (Å²) in [6, 6.07) is -0.447. The van der Waals surface area contributed by atoms with Crippen LogP contribution < -0.4 is 5.32 Å². The maximum absolute atomic E-state index is 11.6. The zero-order valence-corrected chi connectivity index (χ0v) is 10.1. The Hall–Kier alpha value is -1.59. The quantitative estimate of drug-likeness (QED) is 0.701. The molecule has 0 spiro atoms.